The average Bonchev–Trinajstić information content (AvgIpc) is 2.77. The van der Waals surface area contributed by atoms with Gasteiger partial charge in [-0.15, -0.1) is 0 Å². The molecule has 96 valence electrons. The van der Waals surface area contributed by atoms with Gasteiger partial charge in [-0.3, -0.25) is 0 Å². The van der Waals surface area contributed by atoms with Gasteiger partial charge >= 0.3 is 0 Å². The van der Waals surface area contributed by atoms with Gasteiger partial charge in [0.2, 0.25) is 0 Å². The Kier molecular flexibility index (Phi) is 4.07. The fraction of sp³-hybridized carbons (Fsp3) is 0.385. The van der Waals surface area contributed by atoms with Crippen molar-refractivity contribution < 1.29 is 4.52 Å². The van der Waals surface area contributed by atoms with Crippen LogP contribution >= 0.6 is 0 Å². The molecule has 2 aromatic rings. The molecular weight excluding hydrogens is 228 g/mol. The van der Waals surface area contributed by atoms with Crippen LogP contribution in [0, 0.1) is 0 Å². The summed E-state index contributed by atoms with van der Waals surface area (Å²) in [6.45, 7) is 1.31. The van der Waals surface area contributed by atoms with Gasteiger partial charge in [-0.25, -0.2) is 0 Å². The van der Waals surface area contributed by atoms with Crippen LogP contribution < -0.4 is 5.73 Å². The third-order valence-corrected chi connectivity index (χ3v) is 2.53. The summed E-state index contributed by atoms with van der Waals surface area (Å²) in [6, 6.07) is 8.04. The van der Waals surface area contributed by atoms with E-state index in [1.807, 2.05) is 43.3 Å². The lowest BCUT2D eigenvalue weighted by atomic mass is 10.1. The standard InChI is InChI=1S/C13H18N4O/c1-17(2)9-12-15-13(18-16-12)11-5-3-4-10(8-11)6-7-14/h3-5,8H,6-7,9,14H2,1-2H3. The maximum Gasteiger partial charge on any atom is 0.257 e. The molecule has 0 unspecified atom stereocenters. The summed E-state index contributed by atoms with van der Waals surface area (Å²) < 4.78 is 5.27. The van der Waals surface area contributed by atoms with E-state index in [2.05, 4.69) is 10.1 Å². The monoisotopic (exact) mass is 246 g/mol. The quantitative estimate of drug-likeness (QED) is 0.861. The van der Waals surface area contributed by atoms with Gasteiger partial charge in [0, 0.05) is 5.56 Å². The predicted octanol–water partition coefficient (Wildman–Crippen LogP) is 1.30. The molecule has 1 heterocycles. The van der Waals surface area contributed by atoms with E-state index >= 15 is 0 Å². The lowest BCUT2D eigenvalue weighted by molar-refractivity contribution is 0.365. The number of benzene rings is 1. The Labute approximate surface area is 107 Å². The van der Waals surface area contributed by atoms with Crippen LogP contribution in [0.4, 0.5) is 0 Å². The summed E-state index contributed by atoms with van der Waals surface area (Å²) in [5, 5.41) is 3.96. The highest BCUT2D eigenvalue weighted by Crippen LogP contribution is 2.18. The van der Waals surface area contributed by atoms with Crippen molar-refractivity contribution in [2.75, 3.05) is 20.6 Å². The molecule has 0 aliphatic carbocycles. The fourth-order valence-electron chi connectivity index (χ4n) is 1.74. The summed E-state index contributed by atoms with van der Waals surface area (Å²) in [6.07, 6.45) is 0.854. The van der Waals surface area contributed by atoms with Gasteiger partial charge in [0.1, 0.15) is 0 Å². The smallest absolute Gasteiger partial charge is 0.257 e. The van der Waals surface area contributed by atoms with E-state index in [0.29, 0.717) is 24.8 Å². The summed E-state index contributed by atoms with van der Waals surface area (Å²) in [7, 11) is 3.94. The SMILES string of the molecule is CN(C)Cc1noc(-c2cccc(CCN)c2)n1. The van der Waals surface area contributed by atoms with Crippen LogP contribution in [0.2, 0.25) is 0 Å². The molecule has 2 N–H and O–H groups in total. The molecule has 5 heteroatoms. The predicted molar refractivity (Wildman–Crippen MR) is 69.9 cm³/mol. The van der Waals surface area contributed by atoms with E-state index in [1.165, 1.54) is 5.56 Å². The molecule has 0 atom stereocenters. The summed E-state index contributed by atoms with van der Waals surface area (Å²) in [4.78, 5) is 6.37. The van der Waals surface area contributed by atoms with E-state index in [1.54, 1.807) is 0 Å². The van der Waals surface area contributed by atoms with Crippen molar-refractivity contribution in [1.82, 2.24) is 15.0 Å². The summed E-state index contributed by atoms with van der Waals surface area (Å²) in [5.41, 5.74) is 7.68. The van der Waals surface area contributed by atoms with Crippen LogP contribution in [0.5, 0.6) is 0 Å². The number of nitrogens with zero attached hydrogens (tertiary/aromatic N) is 3. The van der Waals surface area contributed by atoms with Crippen molar-refractivity contribution in [2.24, 2.45) is 5.73 Å². The maximum absolute atomic E-state index is 5.55. The second kappa shape index (κ2) is 5.75. The first-order valence-corrected chi connectivity index (χ1v) is 5.95. The highest BCUT2D eigenvalue weighted by atomic mass is 16.5. The number of rotatable bonds is 5. The van der Waals surface area contributed by atoms with Crippen molar-refractivity contribution in [3.05, 3.63) is 35.7 Å². The molecule has 2 rings (SSSR count). The van der Waals surface area contributed by atoms with Gasteiger partial charge in [0.25, 0.3) is 5.89 Å². The molecule has 0 saturated carbocycles. The van der Waals surface area contributed by atoms with E-state index < -0.39 is 0 Å². The van der Waals surface area contributed by atoms with E-state index in [4.69, 9.17) is 10.3 Å². The van der Waals surface area contributed by atoms with Crippen LogP contribution in [-0.2, 0) is 13.0 Å². The molecule has 1 aromatic carbocycles. The van der Waals surface area contributed by atoms with E-state index in [9.17, 15) is 0 Å². The Morgan fingerprint density at radius 2 is 2.17 bits per heavy atom. The lowest BCUT2D eigenvalue weighted by Gasteiger charge is -2.03. The molecule has 0 fully saturated rings. The Morgan fingerprint density at radius 1 is 1.33 bits per heavy atom. The molecule has 0 bridgehead atoms. The number of nitrogens with two attached hydrogens (primary N) is 1. The molecule has 5 nitrogen and oxygen atoms in total. The number of hydrogen-bond acceptors (Lipinski definition) is 5. The van der Waals surface area contributed by atoms with Gasteiger partial charge < -0.3 is 15.2 Å². The first-order valence-electron chi connectivity index (χ1n) is 5.95. The molecule has 0 aliphatic rings. The van der Waals surface area contributed by atoms with Crippen LogP contribution in [0.25, 0.3) is 11.5 Å². The Morgan fingerprint density at radius 3 is 2.89 bits per heavy atom. The normalized spacial score (nSPS) is 11.1. The van der Waals surface area contributed by atoms with E-state index in [-0.39, 0.29) is 0 Å². The topological polar surface area (TPSA) is 68.2 Å². The lowest BCUT2D eigenvalue weighted by Crippen LogP contribution is -2.11. The van der Waals surface area contributed by atoms with Crippen molar-refractivity contribution in [1.29, 1.82) is 0 Å². The van der Waals surface area contributed by atoms with Crippen molar-refractivity contribution in [3.63, 3.8) is 0 Å². The number of aromatic nitrogens is 2. The first kappa shape index (κ1) is 12.7. The van der Waals surface area contributed by atoms with Gasteiger partial charge in [0.15, 0.2) is 5.82 Å². The molecule has 0 amide bonds. The van der Waals surface area contributed by atoms with E-state index in [0.717, 1.165) is 12.0 Å². The third kappa shape index (κ3) is 3.15. The van der Waals surface area contributed by atoms with Crippen LogP contribution in [0.3, 0.4) is 0 Å². The highest BCUT2D eigenvalue weighted by Gasteiger charge is 2.09. The summed E-state index contributed by atoms with van der Waals surface area (Å²) in [5.74, 6) is 1.25. The summed E-state index contributed by atoms with van der Waals surface area (Å²) >= 11 is 0. The van der Waals surface area contributed by atoms with Gasteiger partial charge in [-0.1, -0.05) is 17.3 Å². The Hall–Kier alpha value is -1.72. The molecule has 1 aromatic heterocycles. The minimum absolute atomic E-state index is 0.561. The molecular formula is C13H18N4O. The second-order valence-electron chi connectivity index (χ2n) is 4.49. The Bertz CT molecular complexity index is 507. The zero-order valence-corrected chi connectivity index (χ0v) is 10.8. The fourth-order valence-corrected chi connectivity index (χ4v) is 1.74. The van der Waals surface area contributed by atoms with Gasteiger partial charge in [-0.05, 0) is 44.8 Å². The maximum atomic E-state index is 5.55. The largest absolute Gasteiger partial charge is 0.334 e. The molecule has 0 aliphatic heterocycles. The number of hydrogen-bond donors (Lipinski definition) is 1. The van der Waals surface area contributed by atoms with Crippen LogP contribution in [0.15, 0.2) is 28.8 Å². The first-order chi connectivity index (χ1) is 8.69. The van der Waals surface area contributed by atoms with Crippen molar-refractivity contribution in [2.45, 2.75) is 13.0 Å². The molecule has 0 radical (unpaired) electrons. The zero-order chi connectivity index (χ0) is 13.0. The zero-order valence-electron chi connectivity index (χ0n) is 10.8. The minimum Gasteiger partial charge on any atom is -0.334 e. The minimum atomic E-state index is 0.561. The molecule has 0 saturated heterocycles. The Balaban J connectivity index is 2.20. The van der Waals surface area contributed by atoms with Crippen molar-refractivity contribution >= 4 is 0 Å². The highest BCUT2D eigenvalue weighted by molar-refractivity contribution is 5.54. The molecule has 0 spiro atoms. The van der Waals surface area contributed by atoms with Gasteiger partial charge in [0.05, 0.1) is 6.54 Å². The van der Waals surface area contributed by atoms with Crippen molar-refractivity contribution in [3.8, 4) is 11.5 Å². The average molecular weight is 246 g/mol. The van der Waals surface area contributed by atoms with Crippen LogP contribution in [0.1, 0.15) is 11.4 Å². The third-order valence-electron chi connectivity index (χ3n) is 2.53. The van der Waals surface area contributed by atoms with Gasteiger partial charge in [-0.2, -0.15) is 4.98 Å². The second-order valence-corrected chi connectivity index (χ2v) is 4.49. The molecule has 18 heavy (non-hydrogen) atoms. The van der Waals surface area contributed by atoms with Crippen LogP contribution in [-0.4, -0.2) is 35.7 Å².